The summed E-state index contributed by atoms with van der Waals surface area (Å²) in [6.07, 6.45) is 0.489. The number of carbonyl (C=O) groups excluding carboxylic acids is 1. The van der Waals surface area contributed by atoms with Gasteiger partial charge >= 0.3 is 0 Å². The number of thiazole rings is 1. The molecule has 5 heteroatoms. The lowest BCUT2D eigenvalue weighted by Crippen LogP contribution is -2.32. The number of hydrogen-bond donors (Lipinski definition) is 2. The minimum atomic E-state index is -0.453. The molecule has 4 nitrogen and oxygen atoms in total. The van der Waals surface area contributed by atoms with E-state index >= 15 is 0 Å². The van der Waals surface area contributed by atoms with Crippen LogP contribution in [0.15, 0.2) is 5.38 Å². The monoisotopic (exact) mass is 228 g/mol. The van der Waals surface area contributed by atoms with Crippen molar-refractivity contribution in [3.63, 3.8) is 0 Å². The lowest BCUT2D eigenvalue weighted by atomic mass is 10.2. The highest BCUT2D eigenvalue weighted by Crippen LogP contribution is 2.08. The van der Waals surface area contributed by atoms with Crippen LogP contribution in [0.3, 0.4) is 0 Å². The predicted octanol–water partition coefficient (Wildman–Crippen LogP) is 0.881. The van der Waals surface area contributed by atoms with E-state index in [-0.39, 0.29) is 5.91 Å². The summed E-state index contributed by atoms with van der Waals surface area (Å²) in [5.41, 5.74) is 0.793. The zero-order chi connectivity index (χ0) is 11.3. The first-order valence-corrected chi connectivity index (χ1v) is 5.85. The van der Waals surface area contributed by atoms with Crippen LogP contribution in [0.5, 0.6) is 0 Å². The molecule has 0 aliphatic rings. The first-order chi connectivity index (χ1) is 7.11. The molecule has 0 aromatic carbocycles. The Balaban J connectivity index is 2.30. The Morgan fingerprint density at radius 2 is 2.47 bits per heavy atom. The number of rotatable bonds is 5. The number of aryl methyl sites for hydroxylation is 1. The highest BCUT2D eigenvalue weighted by atomic mass is 32.1. The Hall–Kier alpha value is -0.940. The Labute approximate surface area is 93.4 Å². The molecule has 1 aromatic rings. The van der Waals surface area contributed by atoms with Crippen LogP contribution in [0.2, 0.25) is 0 Å². The van der Waals surface area contributed by atoms with Crippen molar-refractivity contribution < 1.29 is 9.90 Å². The van der Waals surface area contributed by atoms with Gasteiger partial charge in [-0.3, -0.25) is 4.79 Å². The Morgan fingerprint density at radius 1 is 1.73 bits per heavy atom. The van der Waals surface area contributed by atoms with Gasteiger partial charge in [-0.15, -0.1) is 11.3 Å². The molecule has 0 saturated heterocycles. The third kappa shape index (κ3) is 4.40. The number of carbonyl (C=O) groups is 1. The van der Waals surface area contributed by atoms with Crippen LogP contribution in [-0.4, -0.2) is 28.6 Å². The van der Waals surface area contributed by atoms with E-state index in [2.05, 4.69) is 10.3 Å². The van der Waals surface area contributed by atoms with Gasteiger partial charge in [0.25, 0.3) is 0 Å². The zero-order valence-electron chi connectivity index (χ0n) is 8.99. The fourth-order valence-electron chi connectivity index (χ4n) is 1.09. The second-order valence-electron chi connectivity index (χ2n) is 3.40. The molecule has 2 N–H and O–H groups in total. The summed E-state index contributed by atoms with van der Waals surface area (Å²) in [5, 5.41) is 14.8. The van der Waals surface area contributed by atoms with Gasteiger partial charge in [0.2, 0.25) is 5.91 Å². The summed E-state index contributed by atoms with van der Waals surface area (Å²) in [6.45, 7) is 4.10. The minimum Gasteiger partial charge on any atom is -0.391 e. The van der Waals surface area contributed by atoms with Gasteiger partial charge in [-0.05, 0) is 13.3 Å². The maximum Gasteiger partial charge on any atom is 0.226 e. The van der Waals surface area contributed by atoms with Gasteiger partial charge in [0, 0.05) is 11.9 Å². The van der Waals surface area contributed by atoms with Gasteiger partial charge in [0.15, 0.2) is 0 Å². The molecule has 1 unspecified atom stereocenters. The molecular weight excluding hydrogens is 212 g/mol. The van der Waals surface area contributed by atoms with Crippen molar-refractivity contribution in [2.75, 3.05) is 6.54 Å². The second-order valence-corrected chi connectivity index (χ2v) is 4.46. The van der Waals surface area contributed by atoms with Crippen LogP contribution in [0.4, 0.5) is 0 Å². The van der Waals surface area contributed by atoms with E-state index < -0.39 is 6.10 Å². The van der Waals surface area contributed by atoms with Crippen LogP contribution in [0, 0.1) is 6.92 Å². The van der Waals surface area contributed by atoms with Crippen molar-refractivity contribution in [2.24, 2.45) is 0 Å². The lowest BCUT2D eigenvalue weighted by Gasteiger charge is -2.08. The fraction of sp³-hybridized carbons (Fsp3) is 0.600. The standard InChI is InChI=1S/C10H16N2O2S/c1-3-9(13)5-11-10(14)4-8-6-15-7(2)12-8/h6,9,13H,3-5H2,1-2H3,(H,11,14). The van der Waals surface area contributed by atoms with Crippen LogP contribution in [0.1, 0.15) is 24.0 Å². The molecule has 0 spiro atoms. The number of nitrogens with one attached hydrogen (secondary N) is 1. The summed E-state index contributed by atoms with van der Waals surface area (Å²) in [7, 11) is 0. The molecule has 1 amide bonds. The Kier molecular flexibility index (Phi) is 4.71. The third-order valence-corrected chi connectivity index (χ3v) is 2.84. The molecule has 1 aromatic heterocycles. The van der Waals surface area contributed by atoms with Gasteiger partial charge in [-0.1, -0.05) is 6.92 Å². The fourth-order valence-corrected chi connectivity index (χ4v) is 1.71. The number of amides is 1. The van der Waals surface area contributed by atoms with Crippen molar-refractivity contribution in [3.05, 3.63) is 16.1 Å². The summed E-state index contributed by atoms with van der Waals surface area (Å²) in [6, 6.07) is 0. The van der Waals surface area contributed by atoms with Gasteiger partial charge in [-0.25, -0.2) is 4.98 Å². The van der Waals surface area contributed by atoms with E-state index in [1.54, 1.807) is 0 Å². The highest BCUT2D eigenvalue weighted by Gasteiger charge is 2.07. The SMILES string of the molecule is CCC(O)CNC(=O)Cc1csc(C)n1. The molecule has 0 aliphatic carbocycles. The molecule has 1 atom stereocenters. The average molecular weight is 228 g/mol. The van der Waals surface area contributed by atoms with E-state index in [0.29, 0.717) is 19.4 Å². The molecule has 15 heavy (non-hydrogen) atoms. The summed E-state index contributed by atoms with van der Waals surface area (Å²) in [5.74, 6) is -0.0900. The number of aliphatic hydroxyl groups is 1. The quantitative estimate of drug-likeness (QED) is 0.786. The maximum absolute atomic E-state index is 11.4. The van der Waals surface area contributed by atoms with E-state index in [1.807, 2.05) is 19.2 Å². The minimum absolute atomic E-state index is 0.0900. The number of aromatic nitrogens is 1. The number of nitrogens with zero attached hydrogens (tertiary/aromatic N) is 1. The normalized spacial score (nSPS) is 12.5. The van der Waals surface area contributed by atoms with Crippen LogP contribution >= 0.6 is 11.3 Å². The molecular formula is C10H16N2O2S. The van der Waals surface area contributed by atoms with Crippen molar-refractivity contribution in [1.29, 1.82) is 0 Å². The van der Waals surface area contributed by atoms with Gasteiger partial charge < -0.3 is 10.4 Å². The first-order valence-electron chi connectivity index (χ1n) is 4.97. The van der Waals surface area contributed by atoms with Gasteiger partial charge in [-0.2, -0.15) is 0 Å². The first kappa shape index (κ1) is 12.1. The summed E-state index contributed by atoms with van der Waals surface area (Å²) in [4.78, 5) is 15.6. The molecule has 0 saturated carbocycles. The van der Waals surface area contributed by atoms with E-state index in [9.17, 15) is 9.90 Å². The topological polar surface area (TPSA) is 62.2 Å². The van der Waals surface area contributed by atoms with E-state index in [4.69, 9.17) is 0 Å². The number of aliphatic hydroxyl groups excluding tert-OH is 1. The summed E-state index contributed by atoms with van der Waals surface area (Å²) < 4.78 is 0. The predicted molar refractivity (Wildman–Crippen MR) is 59.9 cm³/mol. The average Bonchev–Trinajstić information content (AvgIpc) is 2.60. The Morgan fingerprint density at radius 3 is 3.00 bits per heavy atom. The maximum atomic E-state index is 11.4. The van der Waals surface area contributed by atoms with Crippen molar-refractivity contribution in [1.82, 2.24) is 10.3 Å². The van der Waals surface area contributed by atoms with E-state index in [1.165, 1.54) is 11.3 Å². The van der Waals surface area contributed by atoms with Crippen molar-refractivity contribution in [2.45, 2.75) is 32.8 Å². The van der Waals surface area contributed by atoms with Gasteiger partial charge in [0.1, 0.15) is 0 Å². The van der Waals surface area contributed by atoms with Crippen molar-refractivity contribution in [3.8, 4) is 0 Å². The summed E-state index contributed by atoms with van der Waals surface area (Å²) >= 11 is 1.53. The Bertz CT molecular complexity index is 325. The molecule has 84 valence electrons. The van der Waals surface area contributed by atoms with Gasteiger partial charge in [0.05, 0.1) is 23.2 Å². The van der Waals surface area contributed by atoms with Crippen LogP contribution in [0.25, 0.3) is 0 Å². The largest absolute Gasteiger partial charge is 0.391 e. The molecule has 1 heterocycles. The molecule has 1 rings (SSSR count). The van der Waals surface area contributed by atoms with Crippen LogP contribution < -0.4 is 5.32 Å². The zero-order valence-corrected chi connectivity index (χ0v) is 9.80. The molecule has 0 radical (unpaired) electrons. The van der Waals surface area contributed by atoms with Crippen LogP contribution in [-0.2, 0) is 11.2 Å². The molecule has 0 fully saturated rings. The smallest absolute Gasteiger partial charge is 0.226 e. The van der Waals surface area contributed by atoms with Crippen molar-refractivity contribution >= 4 is 17.2 Å². The lowest BCUT2D eigenvalue weighted by molar-refractivity contribution is -0.120. The number of hydrogen-bond acceptors (Lipinski definition) is 4. The molecule has 0 aliphatic heterocycles. The molecule has 0 bridgehead atoms. The van der Waals surface area contributed by atoms with E-state index in [0.717, 1.165) is 10.7 Å². The second kappa shape index (κ2) is 5.82. The third-order valence-electron chi connectivity index (χ3n) is 2.01. The highest BCUT2D eigenvalue weighted by molar-refractivity contribution is 7.09.